The Bertz CT molecular complexity index is 72.0. The van der Waals surface area contributed by atoms with Crippen molar-refractivity contribution in [3.8, 4) is 0 Å². The van der Waals surface area contributed by atoms with Crippen LogP contribution >= 0.6 is 0 Å². The van der Waals surface area contributed by atoms with E-state index in [1.54, 1.807) is 0 Å². The molecule has 0 aliphatic rings. The van der Waals surface area contributed by atoms with Crippen molar-refractivity contribution >= 4 is 21.2 Å². The maximum absolute atomic E-state index is 9.26. The van der Waals surface area contributed by atoms with Crippen molar-refractivity contribution < 1.29 is 9.90 Å². The van der Waals surface area contributed by atoms with Crippen molar-refractivity contribution in [2.75, 3.05) is 0 Å². The van der Waals surface area contributed by atoms with Gasteiger partial charge in [0.2, 0.25) is 0 Å². The summed E-state index contributed by atoms with van der Waals surface area (Å²) in [5, 5.41) is 12.1. The van der Waals surface area contributed by atoms with Gasteiger partial charge in [-0.3, -0.25) is 0 Å². The summed E-state index contributed by atoms with van der Waals surface area (Å²) >= 11 is 0.815. The van der Waals surface area contributed by atoms with Crippen molar-refractivity contribution in [3.05, 3.63) is 0 Å². The molecular weight excluding hydrogens is 143 g/mol. The molecule has 0 aromatic rings. The standard InChI is InChI=1S/C3H6O2.2C2H5.Al/c1-2-3(4)5;2*1-2;/h2H2,1H3,(H,4,5);2*1H2,2H3;/q;;;+1/p-1. The predicted molar refractivity (Wildman–Crippen MR) is 42.0 cm³/mol. The van der Waals surface area contributed by atoms with E-state index < -0.39 is 5.97 Å². The van der Waals surface area contributed by atoms with Gasteiger partial charge in [0.15, 0.2) is 0 Å². The molecule has 2 nitrogen and oxygen atoms in total. The van der Waals surface area contributed by atoms with Crippen molar-refractivity contribution in [2.45, 2.75) is 37.8 Å². The zero-order valence-electron chi connectivity index (χ0n) is 7.02. The summed E-state index contributed by atoms with van der Waals surface area (Å²) in [5.74, 6) is -0.995. The Labute approximate surface area is 69.3 Å². The van der Waals surface area contributed by atoms with E-state index in [0.717, 1.165) is 15.2 Å². The van der Waals surface area contributed by atoms with Gasteiger partial charge in [-0.05, 0) is 6.42 Å². The molecule has 0 rings (SSSR count). The predicted octanol–water partition coefficient (Wildman–Crippen LogP) is 0.713. The van der Waals surface area contributed by atoms with Crippen LogP contribution in [0.4, 0.5) is 0 Å². The zero-order chi connectivity index (χ0) is 8.41. The van der Waals surface area contributed by atoms with Gasteiger partial charge >= 0.3 is 39.6 Å². The molecule has 0 saturated heterocycles. The molecule has 0 aliphatic carbocycles. The Kier molecular flexibility index (Phi) is 14.9. The number of rotatable bonds is 3. The molecule has 0 radical (unpaired) electrons. The van der Waals surface area contributed by atoms with Gasteiger partial charge in [0.1, 0.15) is 0 Å². The van der Waals surface area contributed by atoms with Crippen LogP contribution in [0.5, 0.6) is 0 Å². The second-order valence-corrected chi connectivity index (χ2v) is 4.04. The number of carboxylic acids is 1. The molecule has 0 atom stereocenters. The van der Waals surface area contributed by atoms with Crippen LogP contribution in [0.15, 0.2) is 0 Å². The Balaban J connectivity index is 0. The Morgan fingerprint density at radius 2 is 1.60 bits per heavy atom. The number of carbonyl (C=O) groups is 1. The number of carboxylic acid groups (broad SMARTS) is 1. The summed E-state index contributed by atoms with van der Waals surface area (Å²) < 4.78 is 0. The molecule has 0 aromatic carbocycles. The van der Waals surface area contributed by atoms with Gasteiger partial charge in [-0.2, -0.15) is 0 Å². The van der Waals surface area contributed by atoms with Gasteiger partial charge < -0.3 is 9.90 Å². The zero-order valence-corrected chi connectivity index (χ0v) is 8.17. The van der Waals surface area contributed by atoms with Crippen molar-refractivity contribution in [1.82, 2.24) is 0 Å². The molecule has 0 amide bonds. The van der Waals surface area contributed by atoms with Crippen LogP contribution in [-0.2, 0) is 4.79 Å². The van der Waals surface area contributed by atoms with Crippen LogP contribution in [0.25, 0.3) is 0 Å². The first-order chi connectivity index (χ1) is 4.68. The van der Waals surface area contributed by atoms with E-state index in [1.807, 2.05) is 0 Å². The molecule has 3 heteroatoms. The number of hydrogen-bond acceptors (Lipinski definition) is 2. The van der Waals surface area contributed by atoms with Gasteiger partial charge in [-0.15, -0.1) is 0 Å². The van der Waals surface area contributed by atoms with E-state index in [9.17, 15) is 9.90 Å². The number of carbonyl (C=O) groups excluding carboxylic acids is 1. The third-order valence-corrected chi connectivity index (χ3v) is 2.02. The molecular formula is C7H15AlO2. The minimum atomic E-state index is -0.995. The van der Waals surface area contributed by atoms with Gasteiger partial charge in [0.05, 0.1) is 0 Å². The van der Waals surface area contributed by atoms with Gasteiger partial charge in [0, 0.05) is 5.97 Å². The average Bonchev–Trinajstić information content (AvgIpc) is 1.91. The average molecular weight is 158 g/mol. The Morgan fingerprint density at radius 3 is 1.60 bits per heavy atom. The summed E-state index contributed by atoms with van der Waals surface area (Å²) in [6.45, 7) is 6.03. The third kappa shape index (κ3) is 24.5. The molecule has 0 N–H and O–H groups in total. The fourth-order valence-electron chi connectivity index (χ4n) is 0.289. The summed E-state index contributed by atoms with van der Waals surface area (Å²) in [5.41, 5.74) is 0. The van der Waals surface area contributed by atoms with E-state index in [2.05, 4.69) is 13.8 Å². The fourth-order valence-corrected chi connectivity index (χ4v) is 0.866. The maximum atomic E-state index is 9.26. The van der Waals surface area contributed by atoms with Gasteiger partial charge in [-0.1, -0.05) is 6.92 Å². The van der Waals surface area contributed by atoms with E-state index in [1.165, 1.54) is 17.5 Å². The third-order valence-electron chi connectivity index (χ3n) is 0.866. The molecule has 0 spiro atoms. The molecule has 0 saturated carbocycles. The molecule has 58 valence electrons. The van der Waals surface area contributed by atoms with Crippen LogP contribution in [-0.4, -0.2) is 21.2 Å². The first-order valence-electron chi connectivity index (χ1n) is 3.70. The molecule has 0 aliphatic heterocycles. The second kappa shape index (κ2) is 11.8. The normalized spacial score (nSPS) is 7.10. The topological polar surface area (TPSA) is 40.1 Å². The van der Waals surface area contributed by atoms with E-state index in [4.69, 9.17) is 0 Å². The summed E-state index contributed by atoms with van der Waals surface area (Å²) in [6, 6.07) is 0. The number of aliphatic carboxylic acids is 1. The van der Waals surface area contributed by atoms with Crippen molar-refractivity contribution in [2.24, 2.45) is 0 Å². The van der Waals surface area contributed by atoms with E-state index in [0.29, 0.717) is 0 Å². The summed E-state index contributed by atoms with van der Waals surface area (Å²) in [4.78, 5) is 9.26. The molecule has 0 fully saturated rings. The quantitative estimate of drug-likeness (QED) is 0.567. The van der Waals surface area contributed by atoms with Crippen LogP contribution in [0.2, 0.25) is 10.6 Å². The molecule has 0 aromatic heterocycles. The number of hydrogen-bond donors (Lipinski definition) is 0. The van der Waals surface area contributed by atoms with E-state index >= 15 is 0 Å². The Hall–Kier alpha value is 0.00247. The van der Waals surface area contributed by atoms with Crippen LogP contribution in [0.3, 0.4) is 0 Å². The minimum absolute atomic E-state index is 0.111. The van der Waals surface area contributed by atoms with Crippen LogP contribution in [0.1, 0.15) is 27.2 Å². The molecule has 10 heavy (non-hydrogen) atoms. The monoisotopic (exact) mass is 158 g/mol. The fraction of sp³-hybridized carbons (Fsp3) is 0.857. The SMILES string of the molecule is CCC(=O)[O-].C[CH2][Al+][CH2]C. The van der Waals surface area contributed by atoms with Crippen LogP contribution < -0.4 is 5.11 Å². The van der Waals surface area contributed by atoms with Crippen LogP contribution in [0, 0.1) is 0 Å². The van der Waals surface area contributed by atoms with Crippen molar-refractivity contribution in [3.63, 3.8) is 0 Å². The van der Waals surface area contributed by atoms with Gasteiger partial charge in [0.25, 0.3) is 0 Å². The Morgan fingerprint density at radius 1 is 1.30 bits per heavy atom. The summed E-state index contributed by atoms with van der Waals surface area (Å²) in [6.07, 6.45) is 0.111. The summed E-state index contributed by atoms with van der Waals surface area (Å²) in [7, 11) is 0. The first-order valence-corrected chi connectivity index (χ1v) is 5.33. The molecule has 0 bridgehead atoms. The van der Waals surface area contributed by atoms with Gasteiger partial charge in [-0.25, -0.2) is 0 Å². The molecule has 0 unspecified atom stereocenters. The second-order valence-electron chi connectivity index (χ2n) is 1.83. The van der Waals surface area contributed by atoms with Crippen molar-refractivity contribution in [1.29, 1.82) is 0 Å². The van der Waals surface area contributed by atoms with E-state index in [-0.39, 0.29) is 6.42 Å². The molecule has 0 heterocycles. The first kappa shape index (κ1) is 12.7.